The van der Waals surface area contributed by atoms with Crippen LogP contribution in [0.5, 0.6) is 0 Å². The lowest BCUT2D eigenvalue weighted by atomic mass is 10.1. The van der Waals surface area contributed by atoms with Gasteiger partial charge in [0.05, 0.1) is 6.54 Å². The summed E-state index contributed by atoms with van der Waals surface area (Å²) in [6.07, 6.45) is 3.68. The average molecular weight is 301 g/mol. The number of nitrogens with zero attached hydrogens (tertiary/aromatic N) is 1. The van der Waals surface area contributed by atoms with Crippen molar-refractivity contribution < 1.29 is 12.8 Å². The minimum Gasteiger partial charge on any atom is -0.464 e. The van der Waals surface area contributed by atoms with Gasteiger partial charge >= 0.3 is 0 Å². The molecule has 1 aromatic rings. The van der Waals surface area contributed by atoms with Gasteiger partial charge in [-0.1, -0.05) is 6.42 Å². The van der Waals surface area contributed by atoms with Crippen LogP contribution in [0.15, 0.2) is 15.4 Å². The van der Waals surface area contributed by atoms with Crippen LogP contribution in [0.25, 0.3) is 0 Å². The largest absolute Gasteiger partial charge is 0.464 e. The number of nitrogens with two attached hydrogens (primary N) is 1. The van der Waals surface area contributed by atoms with Gasteiger partial charge in [0.1, 0.15) is 16.4 Å². The average Bonchev–Trinajstić information content (AvgIpc) is 2.82. The Labute approximate surface area is 120 Å². The summed E-state index contributed by atoms with van der Waals surface area (Å²) in [6.45, 7) is 5.13. The first-order valence-electron chi connectivity index (χ1n) is 7.04. The Bertz CT molecular complexity index is 533. The molecule has 3 N–H and O–H groups in total. The van der Waals surface area contributed by atoms with Gasteiger partial charge in [0.2, 0.25) is 10.0 Å². The van der Waals surface area contributed by atoms with Crippen molar-refractivity contribution in [1.82, 2.24) is 9.62 Å². The van der Waals surface area contributed by atoms with E-state index in [1.54, 1.807) is 6.92 Å². The highest BCUT2D eigenvalue weighted by atomic mass is 32.2. The zero-order chi connectivity index (χ0) is 14.6. The van der Waals surface area contributed by atoms with Crippen molar-refractivity contribution in [3.63, 3.8) is 0 Å². The van der Waals surface area contributed by atoms with Crippen LogP contribution in [0, 0.1) is 6.92 Å². The molecule has 1 saturated heterocycles. The third kappa shape index (κ3) is 3.82. The van der Waals surface area contributed by atoms with Crippen LogP contribution in [-0.4, -0.2) is 39.5 Å². The maximum atomic E-state index is 12.2. The Morgan fingerprint density at radius 1 is 1.35 bits per heavy atom. The molecule has 0 amide bonds. The number of nitrogens with one attached hydrogen (secondary N) is 1. The quantitative estimate of drug-likeness (QED) is 0.812. The number of piperidine rings is 1. The molecule has 7 heteroatoms. The number of aryl methyl sites for hydroxylation is 1. The highest BCUT2D eigenvalue weighted by molar-refractivity contribution is 7.89. The molecule has 0 spiro atoms. The van der Waals surface area contributed by atoms with Crippen LogP contribution in [0.3, 0.4) is 0 Å². The molecule has 2 heterocycles. The molecule has 0 saturated carbocycles. The van der Waals surface area contributed by atoms with E-state index < -0.39 is 10.0 Å². The first-order valence-corrected chi connectivity index (χ1v) is 8.52. The van der Waals surface area contributed by atoms with Crippen LogP contribution in [0.4, 0.5) is 0 Å². The van der Waals surface area contributed by atoms with Gasteiger partial charge in [0.25, 0.3) is 0 Å². The van der Waals surface area contributed by atoms with Gasteiger partial charge in [-0.25, -0.2) is 13.1 Å². The van der Waals surface area contributed by atoms with Gasteiger partial charge in [-0.3, -0.25) is 0 Å². The minimum absolute atomic E-state index is 0.191. The third-order valence-corrected chi connectivity index (χ3v) is 5.15. The van der Waals surface area contributed by atoms with E-state index in [1.807, 2.05) is 0 Å². The monoisotopic (exact) mass is 301 g/mol. The van der Waals surface area contributed by atoms with Gasteiger partial charge in [0.15, 0.2) is 0 Å². The summed E-state index contributed by atoms with van der Waals surface area (Å²) in [4.78, 5) is 2.48. The molecule has 20 heavy (non-hydrogen) atoms. The fraction of sp³-hybridized carbons (Fsp3) is 0.692. The molecule has 1 aliphatic heterocycles. The van der Waals surface area contributed by atoms with Crippen LogP contribution in [0.1, 0.15) is 30.8 Å². The van der Waals surface area contributed by atoms with Gasteiger partial charge in [-0.05, 0) is 32.9 Å². The second kappa shape index (κ2) is 6.71. The predicted molar refractivity (Wildman–Crippen MR) is 76.8 cm³/mol. The summed E-state index contributed by atoms with van der Waals surface area (Å²) >= 11 is 0. The molecule has 1 fully saturated rings. The van der Waals surface area contributed by atoms with Crippen LogP contribution in [0.2, 0.25) is 0 Å². The maximum Gasteiger partial charge on any atom is 0.244 e. The van der Waals surface area contributed by atoms with E-state index in [1.165, 1.54) is 25.3 Å². The first kappa shape index (κ1) is 15.5. The molecule has 0 bridgehead atoms. The van der Waals surface area contributed by atoms with Crippen molar-refractivity contribution in [3.05, 3.63) is 17.6 Å². The van der Waals surface area contributed by atoms with Gasteiger partial charge in [-0.15, -0.1) is 0 Å². The van der Waals surface area contributed by atoms with Gasteiger partial charge < -0.3 is 15.1 Å². The molecule has 0 atom stereocenters. The lowest BCUT2D eigenvalue weighted by molar-refractivity contribution is 0.232. The van der Waals surface area contributed by atoms with E-state index in [9.17, 15) is 8.42 Å². The Hall–Kier alpha value is -0.890. The van der Waals surface area contributed by atoms with E-state index in [0.29, 0.717) is 18.1 Å². The number of sulfonamides is 1. The predicted octanol–water partition coefficient (Wildman–Crippen LogP) is 0.811. The molecule has 0 aromatic carbocycles. The second-order valence-corrected chi connectivity index (χ2v) is 6.87. The van der Waals surface area contributed by atoms with E-state index in [2.05, 4.69) is 9.62 Å². The molecule has 0 unspecified atom stereocenters. The molecule has 0 radical (unpaired) electrons. The molecule has 2 rings (SSSR count). The van der Waals surface area contributed by atoms with E-state index in [0.717, 1.165) is 19.6 Å². The number of rotatable bonds is 6. The Balaban J connectivity index is 1.91. The number of hydrogen-bond acceptors (Lipinski definition) is 5. The van der Waals surface area contributed by atoms with Crippen molar-refractivity contribution in [2.45, 2.75) is 37.6 Å². The summed E-state index contributed by atoms with van der Waals surface area (Å²) in [7, 11) is -3.51. The van der Waals surface area contributed by atoms with Crippen molar-refractivity contribution >= 4 is 10.0 Å². The lowest BCUT2D eigenvalue weighted by Gasteiger charge is -2.26. The molecule has 6 nitrogen and oxygen atoms in total. The standard InChI is InChI=1S/C13H23N3O3S/c1-11-13(9-12(10-14)19-11)20(17,18)15-5-8-16-6-3-2-4-7-16/h9,15H,2-8,10,14H2,1H3. The summed E-state index contributed by atoms with van der Waals surface area (Å²) in [5.74, 6) is 0.870. The van der Waals surface area contributed by atoms with Gasteiger partial charge in [0, 0.05) is 19.2 Å². The van der Waals surface area contributed by atoms with Gasteiger partial charge in [-0.2, -0.15) is 0 Å². The first-order chi connectivity index (χ1) is 9.53. The second-order valence-electron chi connectivity index (χ2n) is 5.14. The van der Waals surface area contributed by atoms with E-state index in [-0.39, 0.29) is 11.4 Å². The highest BCUT2D eigenvalue weighted by Crippen LogP contribution is 2.19. The Morgan fingerprint density at radius 2 is 2.05 bits per heavy atom. The summed E-state index contributed by atoms with van der Waals surface area (Å²) in [5, 5.41) is 0. The van der Waals surface area contributed by atoms with Crippen molar-refractivity contribution in [3.8, 4) is 0 Å². The van der Waals surface area contributed by atoms with Crippen molar-refractivity contribution in [2.75, 3.05) is 26.2 Å². The smallest absolute Gasteiger partial charge is 0.244 e. The van der Waals surface area contributed by atoms with Crippen LogP contribution < -0.4 is 10.5 Å². The van der Waals surface area contributed by atoms with E-state index in [4.69, 9.17) is 10.2 Å². The Kier molecular flexibility index (Phi) is 5.20. The highest BCUT2D eigenvalue weighted by Gasteiger charge is 2.21. The number of furan rings is 1. The topological polar surface area (TPSA) is 88.6 Å². The molecule has 114 valence electrons. The van der Waals surface area contributed by atoms with Crippen molar-refractivity contribution in [1.29, 1.82) is 0 Å². The molecule has 1 aliphatic rings. The maximum absolute atomic E-state index is 12.2. The minimum atomic E-state index is -3.51. The molecular formula is C13H23N3O3S. The van der Waals surface area contributed by atoms with Crippen LogP contribution in [-0.2, 0) is 16.6 Å². The fourth-order valence-electron chi connectivity index (χ4n) is 2.49. The summed E-state index contributed by atoms with van der Waals surface area (Å²) in [6, 6.07) is 1.50. The number of likely N-dealkylation sites (tertiary alicyclic amines) is 1. The normalized spacial score (nSPS) is 17.5. The fourth-order valence-corrected chi connectivity index (χ4v) is 3.71. The molecule has 0 aliphatic carbocycles. The zero-order valence-corrected chi connectivity index (χ0v) is 12.7. The SMILES string of the molecule is Cc1oc(CN)cc1S(=O)(=O)NCCN1CCCCC1. The summed E-state index contributed by atoms with van der Waals surface area (Å²) in [5.41, 5.74) is 5.46. The zero-order valence-electron chi connectivity index (χ0n) is 11.9. The Morgan fingerprint density at radius 3 is 2.65 bits per heavy atom. The molecule has 1 aromatic heterocycles. The third-order valence-electron chi connectivity index (χ3n) is 3.58. The van der Waals surface area contributed by atoms with E-state index >= 15 is 0 Å². The number of hydrogen-bond donors (Lipinski definition) is 2. The van der Waals surface area contributed by atoms with Crippen LogP contribution >= 0.6 is 0 Å². The lowest BCUT2D eigenvalue weighted by Crippen LogP contribution is -2.37. The summed E-state index contributed by atoms with van der Waals surface area (Å²) < 4.78 is 32.3. The molecular weight excluding hydrogens is 278 g/mol. The van der Waals surface area contributed by atoms with Crippen molar-refractivity contribution in [2.24, 2.45) is 5.73 Å².